The molecule has 0 fully saturated rings. The van der Waals surface area contributed by atoms with E-state index in [0.717, 1.165) is 22.6 Å². The van der Waals surface area contributed by atoms with Crippen LogP contribution in [0.2, 0.25) is 0 Å². The summed E-state index contributed by atoms with van der Waals surface area (Å²) < 4.78 is 5.34. The molecule has 0 atom stereocenters. The molecule has 2 aromatic carbocycles. The van der Waals surface area contributed by atoms with E-state index in [2.05, 4.69) is 26.1 Å². The Balaban J connectivity index is 2.05. The predicted molar refractivity (Wildman–Crippen MR) is 113 cm³/mol. The van der Waals surface area contributed by atoms with Gasteiger partial charge in [0.25, 0.3) is 0 Å². The van der Waals surface area contributed by atoms with E-state index in [4.69, 9.17) is 4.74 Å². The van der Waals surface area contributed by atoms with E-state index in [0.29, 0.717) is 13.0 Å². The molecule has 2 rings (SSSR count). The molecule has 0 radical (unpaired) electrons. The summed E-state index contributed by atoms with van der Waals surface area (Å²) in [6, 6.07) is 15.5. The van der Waals surface area contributed by atoms with Crippen molar-refractivity contribution in [1.29, 1.82) is 0 Å². The molecule has 5 nitrogen and oxygen atoms in total. The first-order chi connectivity index (χ1) is 13.2. The van der Waals surface area contributed by atoms with Gasteiger partial charge in [-0.2, -0.15) is 0 Å². The average Bonchev–Trinajstić information content (AvgIpc) is 2.65. The molecule has 5 heteroatoms. The number of hydrogen-bond acceptors (Lipinski definition) is 3. The Morgan fingerprint density at radius 3 is 2.32 bits per heavy atom. The maximum absolute atomic E-state index is 12.5. The van der Waals surface area contributed by atoms with Crippen LogP contribution in [-0.2, 0) is 21.4 Å². The predicted octanol–water partition coefficient (Wildman–Crippen LogP) is 3.70. The first kappa shape index (κ1) is 21.5. The number of para-hydroxylation sites is 2. The Bertz CT molecular complexity index is 825. The minimum Gasteiger partial charge on any atom is -0.496 e. The summed E-state index contributed by atoms with van der Waals surface area (Å²) in [7, 11) is 1.63. The summed E-state index contributed by atoms with van der Waals surface area (Å²) in [5.74, 6) is 0.464. The van der Waals surface area contributed by atoms with Crippen molar-refractivity contribution < 1.29 is 14.3 Å². The van der Waals surface area contributed by atoms with Gasteiger partial charge in [-0.15, -0.1) is 0 Å². The molecule has 0 spiro atoms. The fourth-order valence-electron chi connectivity index (χ4n) is 3.15. The Kier molecular flexibility index (Phi) is 7.21. The zero-order chi connectivity index (χ0) is 20.7. The van der Waals surface area contributed by atoms with Crippen LogP contribution in [-0.4, -0.2) is 32.0 Å². The highest BCUT2D eigenvalue weighted by atomic mass is 16.5. The van der Waals surface area contributed by atoms with E-state index in [1.54, 1.807) is 12.0 Å². The standard InChI is InChI=1S/C23H30N2O3/c1-17(26)25(20-12-8-7-11-19(20)23(2,3)4)16-22(27)24-15-14-18-10-6-9-13-21(18)28-5/h6-13H,14-16H2,1-5H3,(H,24,27). The number of hydrogen-bond donors (Lipinski definition) is 1. The molecular formula is C23H30N2O3. The van der Waals surface area contributed by atoms with Crippen LogP contribution in [0, 0.1) is 0 Å². The zero-order valence-corrected chi connectivity index (χ0v) is 17.4. The Hall–Kier alpha value is -2.82. The first-order valence-electron chi connectivity index (χ1n) is 9.50. The molecule has 0 aliphatic rings. The third-order valence-corrected chi connectivity index (χ3v) is 4.59. The van der Waals surface area contributed by atoms with Crippen LogP contribution >= 0.6 is 0 Å². The van der Waals surface area contributed by atoms with Crippen LogP contribution in [0.25, 0.3) is 0 Å². The van der Waals surface area contributed by atoms with E-state index in [-0.39, 0.29) is 23.8 Å². The second-order valence-electron chi connectivity index (χ2n) is 7.78. The molecule has 0 unspecified atom stereocenters. The molecule has 0 saturated heterocycles. The summed E-state index contributed by atoms with van der Waals surface area (Å²) in [5, 5.41) is 2.91. The normalized spacial score (nSPS) is 11.0. The van der Waals surface area contributed by atoms with Gasteiger partial charge in [-0.05, 0) is 35.1 Å². The van der Waals surface area contributed by atoms with Gasteiger partial charge in [0.15, 0.2) is 0 Å². The lowest BCUT2D eigenvalue weighted by Gasteiger charge is -2.29. The van der Waals surface area contributed by atoms with E-state index in [9.17, 15) is 9.59 Å². The summed E-state index contributed by atoms with van der Waals surface area (Å²) in [6.07, 6.45) is 0.661. The van der Waals surface area contributed by atoms with Crippen molar-refractivity contribution in [3.63, 3.8) is 0 Å². The van der Waals surface area contributed by atoms with Crippen molar-refractivity contribution in [3.05, 3.63) is 59.7 Å². The lowest BCUT2D eigenvalue weighted by molar-refractivity contribution is -0.123. The number of methoxy groups -OCH3 is 1. The fraction of sp³-hybridized carbons (Fsp3) is 0.391. The second kappa shape index (κ2) is 9.40. The summed E-state index contributed by atoms with van der Waals surface area (Å²) in [5.41, 5.74) is 2.71. The number of carbonyl (C=O) groups excluding carboxylic acids is 2. The molecule has 0 heterocycles. The summed E-state index contributed by atoms with van der Waals surface area (Å²) in [4.78, 5) is 26.3. The lowest BCUT2D eigenvalue weighted by Crippen LogP contribution is -2.41. The van der Waals surface area contributed by atoms with Crippen molar-refractivity contribution in [2.24, 2.45) is 0 Å². The van der Waals surface area contributed by atoms with Gasteiger partial charge in [-0.3, -0.25) is 9.59 Å². The first-order valence-corrected chi connectivity index (χ1v) is 9.50. The highest BCUT2D eigenvalue weighted by Gasteiger charge is 2.24. The minimum atomic E-state index is -0.186. The number of nitrogens with zero attached hydrogens (tertiary/aromatic N) is 1. The zero-order valence-electron chi connectivity index (χ0n) is 17.4. The SMILES string of the molecule is COc1ccccc1CCNC(=O)CN(C(C)=O)c1ccccc1C(C)(C)C. The van der Waals surface area contributed by atoms with Crippen molar-refractivity contribution in [2.45, 2.75) is 39.5 Å². The molecule has 2 aromatic rings. The lowest BCUT2D eigenvalue weighted by atomic mass is 9.85. The van der Waals surface area contributed by atoms with Crippen molar-refractivity contribution >= 4 is 17.5 Å². The fourth-order valence-corrected chi connectivity index (χ4v) is 3.15. The van der Waals surface area contributed by atoms with E-state index < -0.39 is 0 Å². The number of amides is 2. The molecule has 150 valence electrons. The van der Waals surface area contributed by atoms with Gasteiger partial charge in [0.05, 0.1) is 7.11 Å². The van der Waals surface area contributed by atoms with Crippen LogP contribution in [0.1, 0.15) is 38.8 Å². The van der Waals surface area contributed by atoms with Crippen molar-refractivity contribution in [2.75, 3.05) is 25.1 Å². The third kappa shape index (κ3) is 5.59. The van der Waals surface area contributed by atoms with Crippen LogP contribution in [0.5, 0.6) is 5.75 Å². The molecule has 0 saturated carbocycles. The molecular weight excluding hydrogens is 352 g/mol. The smallest absolute Gasteiger partial charge is 0.240 e. The molecule has 28 heavy (non-hydrogen) atoms. The number of nitrogens with one attached hydrogen (secondary N) is 1. The Morgan fingerprint density at radius 2 is 1.68 bits per heavy atom. The maximum Gasteiger partial charge on any atom is 0.240 e. The number of rotatable bonds is 7. The van der Waals surface area contributed by atoms with E-state index in [1.165, 1.54) is 6.92 Å². The number of ether oxygens (including phenoxy) is 1. The highest BCUT2D eigenvalue weighted by molar-refractivity contribution is 5.98. The monoisotopic (exact) mass is 382 g/mol. The van der Waals surface area contributed by atoms with Crippen molar-refractivity contribution in [1.82, 2.24) is 5.32 Å². The minimum absolute atomic E-state index is 0.00560. The topological polar surface area (TPSA) is 58.6 Å². The molecule has 2 amide bonds. The average molecular weight is 383 g/mol. The van der Waals surface area contributed by atoms with Gasteiger partial charge >= 0.3 is 0 Å². The van der Waals surface area contributed by atoms with Gasteiger partial charge in [-0.25, -0.2) is 0 Å². The maximum atomic E-state index is 12.5. The van der Waals surface area contributed by atoms with Crippen LogP contribution in [0.4, 0.5) is 5.69 Å². The number of anilines is 1. The Morgan fingerprint density at radius 1 is 1.04 bits per heavy atom. The summed E-state index contributed by atoms with van der Waals surface area (Å²) in [6.45, 7) is 8.24. The van der Waals surface area contributed by atoms with Gasteiger partial charge in [-0.1, -0.05) is 57.2 Å². The summed E-state index contributed by atoms with van der Waals surface area (Å²) >= 11 is 0. The molecule has 0 bridgehead atoms. The van der Waals surface area contributed by atoms with Gasteiger partial charge in [0.2, 0.25) is 11.8 Å². The van der Waals surface area contributed by atoms with Crippen LogP contribution < -0.4 is 15.0 Å². The molecule has 0 aliphatic carbocycles. The Labute approximate surface area is 167 Å². The van der Waals surface area contributed by atoms with E-state index in [1.807, 2.05) is 48.5 Å². The van der Waals surface area contributed by atoms with Gasteiger partial charge in [0.1, 0.15) is 12.3 Å². The highest BCUT2D eigenvalue weighted by Crippen LogP contribution is 2.31. The van der Waals surface area contributed by atoms with Crippen LogP contribution in [0.15, 0.2) is 48.5 Å². The quantitative estimate of drug-likeness (QED) is 0.794. The number of carbonyl (C=O) groups is 2. The van der Waals surface area contributed by atoms with Gasteiger partial charge < -0.3 is 15.0 Å². The second-order valence-corrected chi connectivity index (χ2v) is 7.78. The van der Waals surface area contributed by atoms with Crippen molar-refractivity contribution in [3.8, 4) is 5.75 Å². The molecule has 0 aliphatic heterocycles. The van der Waals surface area contributed by atoms with Crippen LogP contribution in [0.3, 0.4) is 0 Å². The van der Waals surface area contributed by atoms with E-state index >= 15 is 0 Å². The molecule has 0 aromatic heterocycles. The van der Waals surface area contributed by atoms with Gasteiger partial charge in [0, 0.05) is 19.2 Å². The largest absolute Gasteiger partial charge is 0.496 e. The third-order valence-electron chi connectivity index (χ3n) is 4.59. The molecule has 1 N–H and O–H groups in total. The number of benzene rings is 2.